The lowest BCUT2D eigenvalue weighted by molar-refractivity contribution is -0.00443. The summed E-state index contributed by atoms with van der Waals surface area (Å²) >= 11 is 0. The van der Waals surface area contributed by atoms with E-state index in [-0.39, 0.29) is 18.6 Å². The zero-order chi connectivity index (χ0) is 11.4. The average Bonchev–Trinajstić information content (AvgIpc) is 2.31. The molecule has 1 saturated heterocycles. The molecule has 16 heavy (non-hydrogen) atoms. The predicted octanol–water partition coefficient (Wildman–Crippen LogP) is 0.862. The Bertz CT molecular complexity index is 315. The molecule has 0 unspecified atom stereocenters. The maximum Gasteiger partial charge on any atom is 0.0717 e. The first-order valence-corrected chi connectivity index (χ1v) is 5.85. The monoisotopic (exact) mass is 221 g/mol. The van der Waals surface area contributed by atoms with Gasteiger partial charge in [0.2, 0.25) is 0 Å². The SMILES string of the molecule is OC[C@@H]1CCN(Cc2ccccc2)C[C@@H]1O. The predicted molar refractivity (Wildman–Crippen MR) is 62.9 cm³/mol. The van der Waals surface area contributed by atoms with Gasteiger partial charge in [-0.1, -0.05) is 30.3 Å². The summed E-state index contributed by atoms with van der Waals surface area (Å²) in [5.41, 5.74) is 1.28. The fraction of sp³-hybridized carbons (Fsp3) is 0.538. The quantitative estimate of drug-likeness (QED) is 0.795. The van der Waals surface area contributed by atoms with Gasteiger partial charge in [-0.3, -0.25) is 4.90 Å². The minimum Gasteiger partial charge on any atom is -0.396 e. The number of hydrogen-bond acceptors (Lipinski definition) is 3. The van der Waals surface area contributed by atoms with Crippen molar-refractivity contribution < 1.29 is 10.2 Å². The van der Waals surface area contributed by atoms with Crippen LogP contribution in [0.1, 0.15) is 12.0 Å². The van der Waals surface area contributed by atoms with Gasteiger partial charge >= 0.3 is 0 Å². The van der Waals surface area contributed by atoms with E-state index in [0.29, 0.717) is 6.54 Å². The lowest BCUT2D eigenvalue weighted by atomic mass is 9.94. The molecule has 0 amide bonds. The van der Waals surface area contributed by atoms with E-state index in [1.807, 2.05) is 18.2 Å². The number of piperidine rings is 1. The summed E-state index contributed by atoms with van der Waals surface area (Å²) in [6.07, 6.45) is 0.493. The third-order valence-electron chi connectivity index (χ3n) is 3.29. The molecule has 1 heterocycles. The van der Waals surface area contributed by atoms with Crippen LogP contribution in [0, 0.1) is 5.92 Å². The number of aliphatic hydroxyl groups is 2. The molecular weight excluding hydrogens is 202 g/mol. The van der Waals surface area contributed by atoms with Crippen LogP contribution < -0.4 is 0 Å². The summed E-state index contributed by atoms with van der Waals surface area (Å²) in [4.78, 5) is 2.24. The van der Waals surface area contributed by atoms with Gasteiger partial charge in [-0.15, -0.1) is 0 Å². The van der Waals surface area contributed by atoms with Crippen LogP contribution >= 0.6 is 0 Å². The number of aliphatic hydroxyl groups excluding tert-OH is 2. The van der Waals surface area contributed by atoms with Crippen LogP contribution in [0.3, 0.4) is 0 Å². The van der Waals surface area contributed by atoms with Crippen molar-refractivity contribution in [3.8, 4) is 0 Å². The second-order valence-corrected chi connectivity index (χ2v) is 4.52. The highest BCUT2D eigenvalue weighted by molar-refractivity contribution is 5.14. The van der Waals surface area contributed by atoms with Crippen molar-refractivity contribution in [2.75, 3.05) is 19.7 Å². The molecule has 1 aliphatic rings. The summed E-state index contributed by atoms with van der Waals surface area (Å²) in [5.74, 6) is 0.0621. The van der Waals surface area contributed by atoms with Gasteiger partial charge in [0.05, 0.1) is 6.10 Å². The number of nitrogens with zero attached hydrogens (tertiary/aromatic N) is 1. The summed E-state index contributed by atoms with van der Waals surface area (Å²) in [6, 6.07) is 10.3. The van der Waals surface area contributed by atoms with E-state index in [1.165, 1.54) is 5.56 Å². The van der Waals surface area contributed by atoms with Crippen LogP contribution in [-0.2, 0) is 6.54 Å². The van der Waals surface area contributed by atoms with E-state index in [9.17, 15) is 5.11 Å². The largest absolute Gasteiger partial charge is 0.396 e. The minimum atomic E-state index is -0.387. The highest BCUT2D eigenvalue weighted by Gasteiger charge is 2.26. The van der Waals surface area contributed by atoms with Gasteiger partial charge in [0.15, 0.2) is 0 Å². The Labute approximate surface area is 96.3 Å². The van der Waals surface area contributed by atoms with Gasteiger partial charge in [0, 0.05) is 25.6 Å². The maximum atomic E-state index is 9.82. The molecule has 2 rings (SSSR count). The van der Waals surface area contributed by atoms with Gasteiger partial charge in [-0.05, 0) is 18.5 Å². The smallest absolute Gasteiger partial charge is 0.0717 e. The topological polar surface area (TPSA) is 43.7 Å². The third-order valence-corrected chi connectivity index (χ3v) is 3.29. The summed E-state index contributed by atoms with van der Waals surface area (Å²) in [6.45, 7) is 2.60. The highest BCUT2D eigenvalue weighted by atomic mass is 16.3. The second kappa shape index (κ2) is 5.43. The van der Waals surface area contributed by atoms with Gasteiger partial charge in [0.1, 0.15) is 0 Å². The van der Waals surface area contributed by atoms with Crippen LogP contribution in [0.2, 0.25) is 0 Å². The summed E-state index contributed by atoms with van der Waals surface area (Å²) < 4.78 is 0. The van der Waals surface area contributed by atoms with Crippen molar-refractivity contribution in [3.05, 3.63) is 35.9 Å². The summed E-state index contributed by atoms with van der Waals surface area (Å²) in [7, 11) is 0. The van der Waals surface area contributed by atoms with Crippen LogP contribution in [0.4, 0.5) is 0 Å². The van der Waals surface area contributed by atoms with Crippen molar-refractivity contribution in [1.82, 2.24) is 4.90 Å². The van der Waals surface area contributed by atoms with E-state index in [4.69, 9.17) is 5.11 Å². The molecule has 2 atom stereocenters. The van der Waals surface area contributed by atoms with E-state index in [1.54, 1.807) is 0 Å². The molecule has 0 saturated carbocycles. The van der Waals surface area contributed by atoms with Gasteiger partial charge in [-0.2, -0.15) is 0 Å². The molecule has 1 aromatic carbocycles. The molecule has 3 heteroatoms. The second-order valence-electron chi connectivity index (χ2n) is 4.52. The molecule has 0 bridgehead atoms. The first kappa shape index (κ1) is 11.6. The summed E-state index contributed by atoms with van der Waals surface area (Å²) in [5, 5.41) is 18.9. The molecule has 0 spiro atoms. The first-order valence-electron chi connectivity index (χ1n) is 5.85. The molecule has 1 aliphatic heterocycles. The van der Waals surface area contributed by atoms with Crippen molar-refractivity contribution in [1.29, 1.82) is 0 Å². The fourth-order valence-corrected chi connectivity index (χ4v) is 2.24. The third kappa shape index (κ3) is 2.82. The Morgan fingerprint density at radius 2 is 2.00 bits per heavy atom. The van der Waals surface area contributed by atoms with Crippen molar-refractivity contribution in [2.24, 2.45) is 5.92 Å². The number of hydrogen-bond donors (Lipinski definition) is 2. The zero-order valence-corrected chi connectivity index (χ0v) is 9.42. The molecule has 2 N–H and O–H groups in total. The Kier molecular flexibility index (Phi) is 3.93. The van der Waals surface area contributed by atoms with E-state index in [2.05, 4.69) is 17.0 Å². The standard InChI is InChI=1S/C13H19NO2/c15-10-12-6-7-14(9-13(12)16)8-11-4-2-1-3-5-11/h1-5,12-13,15-16H,6-10H2/t12-,13-/m0/s1. The molecule has 88 valence electrons. The molecule has 0 radical (unpaired) electrons. The molecular formula is C13H19NO2. The zero-order valence-electron chi connectivity index (χ0n) is 9.42. The Hall–Kier alpha value is -0.900. The van der Waals surface area contributed by atoms with Crippen LogP contribution in [-0.4, -0.2) is 40.9 Å². The van der Waals surface area contributed by atoms with Crippen molar-refractivity contribution in [2.45, 2.75) is 19.1 Å². The van der Waals surface area contributed by atoms with E-state index >= 15 is 0 Å². The lowest BCUT2D eigenvalue weighted by Crippen LogP contribution is -2.44. The highest BCUT2D eigenvalue weighted by Crippen LogP contribution is 2.18. The lowest BCUT2D eigenvalue weighted by Gasteiger charge is -2.35. The fourth-order valence-electron chi connectivity index (χ4n) is 2.24. The number of benzene rings is 1. The van der Waals surface area contributed by atoms with Crippen LogP contribution in [0.5, 0.6) is 0 Å². The molecule has 0 aliphatic carbocycles. The molecule has 1 aromatic rings. The van der Waals surface area contributed by atoms with E-state index in [0.717, 1.165) is 19.5 Å². The van der Waals surface area contributed by atoms with Crippen molar-refractivity contribution in [3.63, 3.8) is 0 Å². The maximum absolute atomic E-state index is 9.82. The first-order chi connectivity index (χ1) is 7.79. The van der Waals surface area contributed by atoms with Gasteiger partial charge in [-0.25, -0.2) is 0 Å². The van der Waals surface area contributed by atoms with Gasteiger partial charge in [0.25, 0.3) is 0 Å². The normalized spacial score (nSPS) is 26.9. The Morgan fingerprint density at radius 3 is 2.62 bits per heavy atom. The number of rotatable bonds is 3. The molecule has 0 aromatic heterocycles. The number of β-amino-alcohol motifs (C(OH)–C–C–N with tert-alkyl or cyclic N) is 1. The van der Waals surface area contributed by atoms with Crippen LogP contribution in [0.15, 0.2) is 30.3 Å². The minimum absolute atomic E-state index is 0.0621. The van der Waals surface area contributed by atoms with Gasteiger partial charge < -0.3 is 10.2 Å². The van der Waals surface area contributed by atoms with Crippen molar-refractivity contribution >= 4 is 0 Å². The van der Waals surface area contributed by atoms with Crippen LogP contribution in [0.25, 0.3) is 0 Å². The number of likely N-dealkylation sites (tertiary alicyclic amines) is 1. The van der Waals surface area contributed by atoms with E-state index < -0.39 is 0 Å². The average molecular weight is 221 g/mol. The molecule has 3 nitrogen and oxygen atoms in total. The Balaban J connectivity index is 1.89. The Morgan fingerprint density at radius 1 is 1.25 bits per heavy atom. The molecule has 1 fully saturated rings.